The number of amides is 1. The molecule has 1 fully saturated rings. The summed E-state index contributed by atoms with van der Waals surface area (Å²) in [5.74, 6) is -0.225. The van der Waals surface area contributed by atoms with E-state index in [2.05, 4.69) is 5.32 Å². The zero-order chi connectivity index (χ0) is 21.3. The van der Waals surface area contributed by atoms with Crippen LogP contribution < -0.4 is 10.0 Å². The van der Waals surface area contributed by atoms with E-state index in [1.807, 2.05) is 12.1 Å². The van der Waals surface area contributed by atoms with Gasteiger partial charge in [-0.1, -0.05) is 30.2 Å². The Labute approximate surface area is 171 Å². The lowest BCUT2D eigenvalue weighted by atomic mass is 9.64. The van der Waals surface area contributed by atoms with E-state index in [0.29, 0.717) is 23.6 Å². The summed E-state index contributed by atoms with van der Waals surface area (Å²) in [6.45, 7) is -1.66. The molecule has 1 aliphatic rings. The second-order valence-electron chi connectivity index (χ2n) is 6.86. The van der Waals surface area contributed by atoms with Crippen molar-refractivity contribution in [3.05, 3.63) is 59.1 Å². The molecule has 29 heavy (non-hydrogen) atoms. The first-order valence-corrected chi connectivity index (χ1v) is 10.6. The number of hydrogen-bond donors (Lipinski definition) is 2. The number of carbonyl (C=O) groups is 1. The predicted octanol–water partition coefficient (Wildman–Crippen LogP) is 4.24. The number of nitrogens with one attached hydrogen (secondary N) is 2. The highest BCUT2D eigenvalue weighted by atomic mass is 35.5. The molecule has 5 nitrogen and oxygen atoms in total. The van der Waals surface area contributed by atoms with Gasteiger partial charge in [0.1, 0.15) is 6.54 Å². The first kappa shape index (κ1) is 21.6. The van der Waals surface area contributed by atoms with Crippen LogP contribution in [0, 0.1) is 0 Å². The van der Waals surface area contributed by atoms with Gasteiger partial charge in [-0.05, 0) is 54.8 Å². The zero-order valence-corrected chi connectivity index (χ0v) is 16.7. The van der Waals surface area contributed by atoms with E-state index >= 15 is 0 Å². The molecule has 2 aromatic rings. The van der Waals surface area contributed by atoms with Crippen molar-refractivity contribution in [3.8, 4) is 0 Å². The molecule has 0 radical (unpaired) electrons. The topological polar surface area (TPSA) is 75.3 Å². The summed E-state index contributed by atoms with van der Waals surface area (Å²) >= 11 is 5.91. The van der Waals surface area contributed by atoms with Crippen LogP contribution in [0.4, 0.5) is 18.9 Å². The van der Waals surface area contributed by atoms with Gasteiger partial charge in [0.2, 0.25) is 15.9 Å². The number of sulfonamides is 1. The van der Waals surface area contributed by atoms with Gasteiger partial charge < -0.3 is 5.32 Å². The minimum Gasteiger partial charge on any atom is -0.325 e. The normalized spacial score (nSPS) is 16.1. The van der Waals surface area contributed by atoms with E-state index in [9.17, 15) is 26.4 Å². The van der Waals surface area contributed by atoms with Crippen molar-refractivity contribution >= 4 is 33.2 Å². The highest BCUT2D eigenvalue weighted by molar-refractivity contribution is 7.89. The van der Waals surface area contributed by atoms with Crippen molar-refractivity contribution in [2.75, 3.05) is 11.9 Å². The Kier molecular flexibility index (Phi) is 5.93. The molecule has 1 aliphatic carbocycles. The molecular formula is C19H18ClF3N2O3S. The Hall–Kier alpha value is -2.10. The minimum atomic E-state index is -4.65. The summed E-state index contributed by atoms with van der Waals surface area (Å²) in [7, 11) is -4.30. The van der Waals surface area contributed by atoms with Crippen LogP contribution in [-0.2, 0) is 20.2 Å². The average Bonchev–Trinajstić information content (AvgIpc) is 2.61. The molecule has 0 bridgehead atoms. The van der Waals surface area contributed by atoms with E-state index in [1.165, 1.54) is 16.9 Å². The third-order valence-electron chi connectivity index (χ3n) is 4.92. The summed E-state index contributed by atoms with van der Waals surface area (Å²) in [4.78, 5) is 12.6. The maximum Gasteiger partial charge on any atom is 0.402 e. The van der Waals surface area contributed by atoms with E-state index in [4.69, 9.17) is 11.6 Å². The second-order valence-corrected chi connectivity index (χ2v) is 9.06. The molecule has 2 aromatic carbocycles. The van der Waals surface area contributed by atoms with E-state index in [1.54, 1.807) is 12.1 Å². The van der Waals surface area contributed by atoms with Crippen molar-refractivity contribution < 1.29 is 26.4 Å². The number of carbonyl (C=O) groups excluding carboxylic acids is 1. The number of rotatable bonds is 6. The Balaban J connectivity index is 1.72. The zero-order valence-electron chi connectivity index (χ0n) is 15.1. The average molecular weight is 447 g/mol. The SMILES string of the molecule is O=C(Nc1ccc(S(=O)(=O)NCC(F)(F)F)cc1)C1(c2ccc(Cl)cc2)CCC1. The quantitative estimate of drug-likeness (QED) is 0.697. The Morgan fingerprint density at radius 3 is 2.10 bits per heavy atom. The summed E-state index contributed by atoms with van der Waals surface area (Å²) in [6.07, 6.45) is -2.40. The molecule has 3 rings (SSSR count). The highest BCUT2D eigenvalue weighted by Gasteiger charge is 2.45. The summed E-state index contributed by atoms with van der Waals surface area (Å²) in [5, 5.41) is 3.33. The van der Waals surface area contributed by atoms with E-state index in [-0.39, 0.29) is 10.8 Å². The Bertz CT molecular complexity index is 987. The van der Waals surface area contributed by atoms with Crippen LogP contribution in [-0.4, -0.2) is 27.0 Å². The molecular weight excluding hydrogens is 429 g/mol. The molecule has 0 aliphatic heterocycles. The molecule has 1 saturated carbocycles. The number of anilines is 1. The van der Waals surface area contributed by atoms with Crippen molar-refractivity contribution in [1.82, 2.24) is 4.72 Å². The maximum atomic E-state index is 12.9. The summed E-state index contributed by atoms with van der Waals surface area (Å²) < 4.78 is 62.1. The summed E-state index contributed by atoms with van der Waals surface area (Å²) in [6, 6.07) is 12.0. The van der Waals surface area contributed by atoms with Gasteiger partial charge in [-0.25, -0.2) is 13.1 Å². The standard InChI is InChI=1S/C19H18ClF3N2O3S/c20-14-4-2-13(3-5-14)18(10-1-11-18)17(26)25-15-6-8-16(9-7-15)29(27,28)24-12-19(21,22)23/h2-9,24H,1,10-12H2,(H,25,26). The van der Waals surface area contributed by atoms with Crippen LogP contribution in [0.3, 0.4) is 0 Å². The molecule has 156 valence electrons. The molecule has 1 amide bonds. The lowest BCUT2D eigenvalue weighted by molar-refractivity contribution is -0.124. The van der Waals surface area contributed by atoms with Gasteiger partial charge in [0.15, 0.2) is 0 Å². The van der Waals surface area contributed by atoms with Crippen LogP contribution in [0.15, 0.2) is 53.4 Å². The molecule has 0 aromatic heterocycles. The van der Waals surface area contributed by atoms with Gasteiger partial charge in [-0.2, -0.15) is 13.2 Å². The predicted molar refractivity (Wildman–Crippen MR) is 103 cm³/mol. The van der Waals surface area contributed by atoms with Crippen molar-refractivity contribution in [2.45, 2.75) is 35.7 Å². The van der Waals surface area contributed by atoms with Crippen molar-refractivity contribution in [2.24, 2.45) is 0 Å². The van der Waals surface area contributed by atoms with Gasteiger partial charge in [-0.15, -0.1) is 0 Å². The molecule has 2 N–H and O–H groups in total. The van der Waals surface area contributed by atoms with Gasteiger partial charge in [0.25, 0.3) is 0 Å². The third kappa shape index (κ3) is 4.91. The van der Waals surface area contributed by atoms with Gasteiger partial charge in [-0.3, -0.25) is 4.79 Å². The molecule has 0 unspecified atom stereocenters. The number of benzene rings is 2. The fourth-order valence-electron chi connectivity index (χ4n) is 3.17. The van der Waals surface area contributed by atoms with Crippen LogP contribution in [0.2, 0.25) is 5.02 Å². The first-order chi connectivity index (χ1) is 13.5. The first-order valence-electron chi connectivity index (χ1n) is 8.76. The molecule has 0 spiro atoms. The van der Waals surface area contributed by atoms with Crippen molar-refractivity contribution in [1.29, 1.82) is 0 Å². The molecule has 0 atom stereocenters. The summed E-state index contributed by atoms with van der Waals surface area (Å²) in [5.41, 5.74) is 0.523. The van der Waals surface area contributed by atoms with Crippen LogP contribution in [0.1, 0.15) is 24.8 Å². The minimum absolute atomic E-state index is 0.225. The molecule has 0 heterocycles. The fraction of sp³-hybridized carbons (Fsp3) is 0.316. The van der Waals surface area contributed by atoms with Crippen LogP contribution in [0.25, 0.3) is 0 Å². The lowest BCUT2D eigenvalue weighted by Crippen LogP contribution is -2.46. The number of alkyl halides is 3. The second kappa shape index (κ2) is 7.97. The van der Waals surface area contributed by atoms with Crippen LogP contribution >= 0.6 is 11.6 Å². The monoisotopic (exact) mass is 446 g/mol. The Morgan fingerprint density at radius 1 is 1.03 bits per heavy atom. The van der Waals surface area contributed by atoms with Crippen LogP contribution in [0.5, 0.6) is 0 Å². The maximum absolute atomic E-state index is 12.9. The number of hydrogen-bond acceptors (Lipinski definition) is 3. The van der Waals surface area contributed by atoms with E-state index < -0.39 is 28.2 Å². The highest BCUT2D eigenvalue weighted by Crippen LogP contribution is 2.44. The molecule has 0 saturated heterocycles. The largest absolute Gasteiger partial charge is 0.402 e. The fourth-order valence-corrected chi connectivity index (χ4v) is 4.32. The van der Waals surface area contributed by atoms with Crippen molar-refractivity contribution in [3.63, 3.8) is 0 Å². The van der Waals surface area contributed by atoms with E-state index in [0.717, 1.165) is 24.1 Å². The molecule has 10 heteroatoms. The number of halogens is 4. The smallest absolute Gasteiger partial charge is 0.325 e. The third-order valence-corrected chi connectivity index (χ3v) is 6.59. The van der Waals surface area contributed by atoms with Gasteiger partial charge >= 0.3 is 6.18 Å². The lowest BCUT2D eigenvalue weighted by Gasteiger charge is -2.40. The Morgan fingerprint density at radius 2 is 1.62 bits per heavy atom. The van der Waals surface area contributed by atoms with Gasteiger partial charge in [0.05, 0.1) is 10.3 Å². The van der Waals surface area contributed by atoms with Gasteiger partial charge in [0, 0.05) is 10.7 Å².